The van der Waals surface area contributed by atoms with Crippen LogP contribution in [0.25, 0.3) is 0 Å². The molecule has 7 nitrogen and oxygen atoms in total. The first kappa shape index (κ1) is 16.2. The number of carbonyl (C=O) groups excluding carboxylic acids is 1. The molecule has 1 amide bonds. The zero-order valence-corrected chi connectivity index (χ0v) is 14.5. The van der Waals surface area contributed by atoms with Crippen molar-refractivity contribution in [1.29, 1.82) is 0 Å². The van der Waals surface area contributed by atoms with Crippen molar-refractivity contribution >= 4 is 27.3 Å². The van der Waals surface area contributed by atoms with Crippen molar-refractivity contribution in [3.05, 3.63) is 39.8 Å². The topological polar surface area (TPSA) is 84.3 Å². The molecule has 1 aliphatic rings. The molecule has 2 aromatic heterocycles. The molecule has 124 valence electrons. The second kappa shape index (κ2) is 6.06. The Kier molecular flexibility index (Phi) is 4.26. The van der Waals surface area contributed by atoms with E-state index in [9.17, 15) is 13.2 Å². The molecule has 3 heterocycles. The number of nitrogens with one attached hydrogen (secondary N) is 1. The number of hydrogen-bond acceptors (Lipinski definition) is 5. The quantitative estimate of drug-likeness (QED) is 0.888. The standard InChI is InChI=1S/C14H18N4O3S2/c1-10-3-4-13(22-10)14(19)17-8-11-5-6-15-18(11)12(9-17)7-16-23(2,20)21/h3-6,12,16H,7-9H2,1-2H3. The fraction of sp³-hybridized carbons (Fsp3) is 0.429. The number of rotatable bonds is 4. The minimum atomic E-state index is -3.29. The minimum Gasteiger partial charge on any atom is -0.330 e. The molecule has 0 fully saturated rings. The minimum absolute atomic E-state index is 0.0279. The van der Waals surface area contributed by atoms with Crippen molar-refractivity contribution in [2.45, 2.75) is 19.5 Å². The Bertz CT molecular complexity index is 825. The average Bonchev–Trinajstić information content (AvgIpc) is 3.11. The van der Waals surface area contributed by atoms with Crippen molar-refractivity contribution in [2.24, 2.45) is 0 Å². The maximum atomic E-state index is 12.7. The first-order valence-corrected chi connectivity index (χ1v) is 9.87. The molecule has 0 aliphatic carbocycles. The Morgan fingerprint density at radius 3 is 2.87 bits per heavy atom. The molecule has 1 aliphatic heterocycles. The van der Waals surface area contributed by atoms with E-state index in [2.05, 4.69) is 9.82 Å². The summed E-state index contributed by atoms with van der Waals surface area (Å²) in [5.74, 6) is -0.0279. The third-order valence-corrected chi connectivity index (χ3v) is 5.38. The van der Waals surface area contributed by atoms with Crippen LogP contribution in [0.5, 0.6) is 0 Å². The summed E-state index contributed by atoms with van der Waals surface area (Å²) >= 11 is 1.47. The number of carbonyl (C=O) groups is 1. The van der Waals surface area contributed by atoms with Gasteiger partial charge in [0.1, 0.15) is 0 Å². The molecule has 0 radical (unpaired) electrons. The lowest BCUT2D eigenvalue weighted by atomic mass is 10.2. The normalized spacial score (nSPS) is 18.0. The van der Waals surface area contributed by atoms with Gasteiger partial charge in [-0.2, -0.15) is 5.10 Å². The molecule has 0 spiro atoms. The fourth-order valence-corrected chi connectivity index (χ4v) is 3.98. The molecule has 1 atom stereocenters. The summed E-state index contributed by atoms with van der Waals surface area (Å²) in [5.41, 5.74) is 0.901. The van der Waals surface area contributed by atoms with E-state index in [-0.39, 0.29) is 18.5 Å². The summed E-state index contributed by atoms with van der Waals surface area (Å²) in [6, 6.07) is 5.40. The Balaban J connectivity index is 1.81. The van der Waals surface area contributed by atoms with Crippen molar-refractivity contribution in [1.82, 2.24) is 19.4 Å². The fourth-order valence-electron chi connectivity index (χ4n) is 2.65. The predicted molar refractivity (Wildman–Crippen MR) is 87.9 cm³/mol. The van der Waals surface area contributed by atoms with Gasteiger partial charge in [0.15, 0.2) is 0 Å². The van der Waals surface area contributed by atoms with Gasteiger partial charge >= 0.3 is 0 Å². The van der Waals surface area contributed by atoms with Gasteiger partial charge in [-0.15, -0.1) is 11.3 Å². The molecule has 2 aromatic rings. The highest BCUT2D eigenvalue weighted by molar-refractivity contribution is 7.88. The third kappa shape index (κ3) is 3.62. The van der Waals surface area contributed by atoms with Crippen molar-refractivity contribution < 1.29 is 13.2 Å². The number of aryl methyl sites for hydroxylation is 1. The molecule has 1 N–H and O–H groups in total. The lowest BCUT2D eigenvalue weighted by molar-refractivity contribution is 0.0676. The first-order chi connectivity index (χ1) is 10.8. The predicted octanol–water partition coefficient (Wildman–Crippen LogP) is 0.999. The van der Waals surface area contributed by atoms with Gasteiger partial charge in [-0.1, -0.05) is 0 Å². The van der Waals surface area contributed by atoms with Crippen LogP contribution < -0.4 is 4.72 Å². The number of nitrogens with zero attached hydrogens (tertiary/aromatic N) is 3. The number of amides is 1. The van der Waals surface area contributed by atoms with Crippen LogP contribution in [0.4, 0.5) is 0 Å². The molecule has 0 saturated heterocycles. The van der Waals surface area contributed by atoms with E-state index < -0.39 is 10.0 Å². The van der Waals surface area contributed by atoms with Crippen molar-refractivity contribution in [3.8, 4) is 0 Å². The average molecular weight is 354 g/mol. The monoisotopic (exact) mass is 354 g/mol. The second-order valence-electron chi connectivity index (χ2n) is 5.64. The summed E-state index contributed by atoms with van der Waals surface area (Å²) in [6.45, 7) is 3.07. The van der Waals surface area contributed by atoms with Crippen LogP contribution in [0.2, 0.25) is 0 Å². The molecule has 1 unspecified atom stereocenters. The molecule has 0 bridgehead atoms. The molecule has 0 saturated carbocycles. The van der Waals surface area contributed by atoms with E-state index in [0.29, 0.717) is 18.0 Å². The van der Waals surface area contributed by atoms with E-state index >= 15 is 0 Å². The van der Waals surface area contributed by atoms with Gasteiger partial charge < -0.3 is 4.90 Å². The first-order valence-electron chi connectivity index (χ1n) is 7.16. The van der Waals surface area contributed by atoms with Crippen LogP contribution in [0, 0.1) is 6.92 Å². The highest BCUT2D eigenvalue weighted by Crippen LogP contribution is 2.24. The highest BCUT2D eigenvalue weighted by atomic mass is 32.2. The smallest absolute Gasteiger partial charge is 0.264 e. The van der Waals surface area contributed by atoms with Gasteiger partial charge in [0.05, 0.1) is 29.4 Å². The van der Waals surface area contributed by atoms with Gasteiger partial charge in [-0.3, -0.25) is 9.48 Å². The van der Waals surface area contributed by atoms with Crippen molar-refractivity contribution in [2.75, 3.05) is 19.3 Å². The number of thiophene rings is 1. The molecule has 0 aromatic carbocycles. The second-order valence-corrected chi connectivity index (χ2v) is 8.76. The maximum absolute atomic E-state index is 12.7. The van der Waals surface area contributed by atoms with Crippen LogP contribution in [0.1, 0.15) is 26.3 Å². The van der Waals surface area contributed by atoms with Crippen LogP contribution >= 0.6 is 11.3 Å². The highest BCUT2D eigenvalue weighted by Gasteiger charge is 2.29. The number of hydrogen-bond donors (Lipinski definition) is 1. The van der Waals surface area contributed by atoms with E-state index in [4.69, 9.17) is 0 Å². The lowest BCUT2D eigenvalue weighted by Gasteiger charge is -2.33. The molecular formula is C14H18N4O3S2. The summed E-state index contributed by atoms with van der Waals surface area (Å²) < 4.78 is 27.0. The van der Waals surface area contributed by atoms with E-state index in [0.717, 1.165) is 16.8 Å². The number of fused-ring (bicyclic) bond motifs is 1. The Labute approximate surface area is 139 Å². The SMILES string of the molecule is Cc1ccc(C(=O)N2Cc3ccnn3C(CNS(C)(=O)=O)C2)s1. The number of aromatic nitrogens is 2. The zero-order chi connectivity index (χ0) is 16.6. The van der Waals surface area contributed by atoms with Crippen LogP contribution in [0.3, 0.4) is 0 Å². The molecule has 3 rings (SSSR count). The van der Waals surface area contributed by atoms with Gasteiger partial charge in [-0.25, -0.2) is 13.1 Å². The van der Waals surface area contributed by atoms with Gasteiger partial charge in [0.25, 0.3) is 5.91 Å². The van der Waals surface area contributed by atoms with E-state index in [1.54, 1.807) is 15.8 Å². The summed E-state index contributed by atoms with van der Waals surface area (Å²) in [4.78, 5) is 16.2. The summed E-state index contributed by atoms with van der Waals surface area (Å²) in [5, 5.41) is 4.26. The lowest BCUT2D eigenvalue weighted by Crippen LogP contribution is -2.45. The van der Waals surface area contributed by atoms with Crippen LogP contribution in [-0.2, 0) is 16.6 Å². The van der Waals surface area contributed by atoms with Crippen LogP contribution in [0.15, 0.2) is 24.4 Å². The van der Waals surface area contributed by atoms with Gasteiger partial charge in [-0.05, 0) is 25.1 Å². The van der Waals surface area contributed by atoms with Gasteiger partial charge in [0, 0.05) is 24.2 Å². The Morgan fingerprint density at radius 1 is 1.43 bits per heavy atom. The van der Waals surface area contributed by atoms with Crippen LogP contribution in [-0.4, -0.2) is 48.4 Å². The summed E-state index contributed by atoms with van der Waals surface area (Å²) in [6.07, 6.45) is 2.79. The third-order valence-electron chi connectivity index (χ3n) is 3.70. The van der Waals surface area contributed by atoms with E-state index in [1.807, 2.05) is 25.1 Å². The number of sulfonamides is 1. The molecule has 23 heavy (non-hydrogen) atoms. The van der Waals surface area contributed by atoms with E-state index in [1.165, 1.54) is 11.3 Å². The maximum Gasteiger partial charge on any atom is 0.264 e. The van der Waals surface area contributed by atoms with Crippen molar-refractivity contribution in [3.63, 3.8) is 0 Å². The Morgan fingerprint density at radius 2 is 2.22 bits per heavy atom. The summed E-state index contributed by atoms with van der Waals surface area (Å²) in [7, 11) is -3.29. The molecule has 9 heteroatoms. The Hall–Kier alpha value is -1.71. The zero-order valence-electron chi connectivity index (χ0n) is 12.9. The van der Waals surface area contributed by atoms with Gasteiger partial charge in [0.2, 0.25) is 10.0 Å². The largest absolute Gasteiger partial charge is 0.330 e. The molecular weight excluding hydrogens is 336 g/mol.